The molecule has 0 aromatic heterocycles. The van der Waals surface area contributed by atoms with Gasteiger partial charge in [-0.3, -0.25) is 14.5 Å². The fraction of sp³-hybridized carbons (Fsp3) is 0.600. The normalized spacial score (nSPS) is 23.4. The number of piperidine rings is 1. The zero-order chi connectivity index (χ0) is 17.8. The van der Waals surface area contributed by atoms with Gasteiger partial charge in [0.15, 0.2) is 0 Å². The van der Waals surface area contributed by atoms with Crippen LogP contribution >= 0.6 is 0 Å². The molecule has 3 fully saturated rings. The summed E-state index contributed by atoms with van der Waals surface area (Å²) in [6.07, 6.45) is 3.61. The van der Waals surface area contributed by atoms with Crippen molar-refractivity contribution in [2.24, 2.45) is 5.92 Å². The van der Waals surface area contributed by atoms with Gasteiger partial charge in [-0.2, -0.15) is 0 Å². The van der Waals surface area contributed by atoms with Gasteiger partial charge in [0.25, 0.3) is 0 Å². The number of hydrogen-bond donors (Lipinski definition) is 0. The van der Waals surface area contributed by atoms with Crippen molar-refractivity contribution in [1.29, 1.82) is 0 Å². The number of nitrogens with zero attached hydrogens (tertiary/aromatic N) is 3. The number of aryl methyl sites for hydroxylation is 1. The van der Waals surface area contributed by atoms with Gasteiger partial charge in [-0.25, -0.2) is 0 Å². The Kier molecular flexibility index (Phi) is 5.74. The van der Waals surface area contributed by atoms with Crippen LogP contribution in [0.25, 0.3) is 0 Å². The molecule has 0 unspecified atom stereocenters. The third-order valence-electron chi connectivity index (χ3n) is 5.44. The number of likely N-dealkylation sites (N-methyl/N-ethyl adjacent to an activating group) is 1. The maximum Gasteiger partial charge on any atom is 0.236 e. The van der Waals surface area contributed by atoms with Gasteiger partial charge in [-0.15, -0.1) is 0 Å². The van der Waals surface area contributed by atoms with Crippen molar-refractivity contribution in [3.8, 4) is 0 Å². The molecule has 1 aromatic rings. The molecule has 1 aromatic carbocycles. The molecule has 0 N–H and O–H groups in total. The molecule has 3 aliphatic rings. The molecular weight excluding hydrogens is 314 g/mol. The van der Waals surface area contributed by atoms with Crippen LogP contribution in [0.5, 0.6) is 0 Å². The van der Waals surface area contributed by atoms with Crippen molar-refractivity contribution in [2.45, 2.75) is 31.7 Å². The van der Waals surface area contributed by atoms with E-state index in [9.17, 15) is 9.59 Å². The highest BCUT2D eigenvalue weighted by molar-refractivity contribution is 5.78. The molecule has 136 valence electrons. The monoisotopic (exact) mass is 343 g/mol. The van der Waals surface area contributed by atoms with Gasteiger partial charge in [0, 0.05) is 46.2 Å². The average molecular weight is 343 g/mol. The van der Waals surface area contributed by atoms with E-state index in [1.165, 1.54) is 12.0 Å². The predicted molar refractivity (Wildman–Crippen MR) is 98.1 cm³/mol. The lowest BCUT2D eigenvalue weighted by Gasteiger charge is -2.36. The molecule has 0 spiro atoms. The van der Waals surface area contributed by atoms with Crippen molar-refractivity contribution in [3.05, 3.63) is 35.9 Å². The number of hydrogen-bond acceptors (Lipinski definition) is 3. The molecule has 4 rings (SSSR count). The Hall–Kier alpha value is -1.88. The minimum Gasteiger partial charge on any atom is -0.348 e. The van der Waals surface area contributed by atoms with E-state index in [4.69, 9.17) is 0 Å². The van der Waals surface area contributed by atoms with E-state index in [1.807, 2.05) is 18.2 Å². The predicted octanol–water partition coefficient (Wildman–Crippen LogP) is 1.63. The van der Waals surface area contributed by atoms with E-state index in [0.717, 1.165) is 32.5 Å². The summed E-state index contributed by atoms with van der Waals surface area (Å²) in [5.41, 5.74) is 1.22. The first-order valence-corrected chi connectivity index (χ1v) is 9.29. The molecule has 25 heavy (non-hydrogen) atoms. The van der Waals surface area contributed by atoms with Crippen molar-refractivity contribution < 1.29 is 9.59 Å². The Labute approximate surface area is 150 Å². The third kappa shape index (κ3) is 4.60. The van der Waals surface area contributed by atoms with Crippen LogP contribution in [0.1, 0.15) is 24.8 Å². The van der Waals surface area contributed by atoms with Crippen molar-refractivity contribution >= 4 is 11.8 Å². The highest BCUT2D eigenvalue weighted by atomic mass is 16.2. The highest BCUT2D eigenvalue weighted by Crippen LogP contribution is 2.28. The summed E-state index contributed by atoms with van der Waals surface area (Å²) >= 11 is 0. The van der Waals surface area contributed by atoms with Crippen LogP contribution in [-0.4, -0.2) is 72.8 Å². The summed E-state index contributed by atoms with van der Waals surface area (Å²) in [6, 6.07) is 10.5. The first-order valence-electron chi connectivity index (χ1n) is 9.29. The largest absolute Gasteiger partial charge is 0.348 e. The lowest BCUT2D eigenvalue weighted by Crippen LogP contribution is -2.47. The third-order valence-corrected chi connectivity index (χ3v) is 5.44. The Morgan fingerprint density at radius 2 is 1.84 bits per heavy atom. The highest BCUT2D eigenvalue weighted by Gasteiger charge is 2.37. The summed E-state index contributed by atoms with van der Waals surface area (Å²) < 4.78 is 0. The number of rotatable bonds is 5. The molecule has 0 radical (unpaired) electrons. The van der Waals surface area contributed by atoms with Crippen LogP contribution in [-0.2, 0) is 16.0 Å². The van der Waals surface area contributed by atoms with Crippen LogP contribution in [0.15, 0.2) is 30.3 Å². The zero-order valence-electron chi connectivity index (χ0n) is 15.4. The molecule has 3 saturated heterocycles. The van der Waals surface area contributed by atoms with Crippen molar-refractivity contribution in [3.63, 3.8) is 0 Å². The fourth-order valence-electron chi connectivity index (χ4n) is 3.99. The minimum absolute atomic E-state index is 0.142. The zero-order valence-corrected chi connectivity index (χ0v) is 15.4. The van der Waals surface area contributed by atoms with E-state index < -0.39 is 0 Å². The summed E-state index contributed by atoms with van der Waals surface area (Å²) in [5, 5.41) is 0. The molecular formula is C20H29N3O2. The Balaban J connectivity index is 1.58. The molecule has 2 amide bonds. The standard InChI is InChI=1S/C20H29N3O2/c1-21(2)20(25)15-22-12-17-8-10-18(14-22)23(13-17)19(24)11-9-16-6-4-3-5-7-16/h3-7,17-18H,8-15H2,1-2H3/t17-,18+/m0/s1. The summed E-state index contributed by atoms with van der Waals surface area (Å²) in [4.78, 5) is 30.8. The first-order chi connectivity index (χ1) is 12.0. The van der Waals surface area contributed by atoms with Gasteiger partial charge in [0.2, 0.25) is 11.8 Å². The number of carbonyl (C=O) groups excluding carboxylic acids is 2. The lowest BCUT2D eigenvalue weighted by molar-refractivity contribution is -0.135. The second-order valence-electron chi connectivity index (χ2n) is 7.61. The topological polar surface area (TPSA) is 43.9 Å². The number of fused-ring (bicyclic) bond motifs is 4. The van der Waals surface area contributed by atoms with E-state index in [1.54, 1.807) is 19.0 Å². The van der Waals surface area contributed by atoms with Crippen LogP contribution in [0.3, 0.4) is 0 Å². The van der Waals surface area contributed by atoms with Gasteiger partial charge >= 0.3 is 0 Å². The summed E-state index contributed by atoms with van der Waals surface area (Å²) in [6.45, 7) is 3.07. The van der Waals surface area contributed by atoms with E-state index in [-0.39, 0.29) is 17.9 Å². The van der Waals surface area contributed by atoms with Gasteiger partial charge in [0.05, 0.1) is 6.54 Å². The maximum absolute atomic E-state index is 12.8. The molecule has 5 heteroatoms. The smallest absolute Gasteiger partial charge is 0.236 e. The van der Waals surface area contributed by atoms with Gasteiger partial charge < -0.3 is 9.80 Å². The van der Waals surface area contributed by atoms with E-state index in [2.05, 4.69) is 21.9 Å². The Morgan fingerprint density at radius 3 is 2.56 bits per heavy atom. The van der Waals surface area contributed by atoms with E-state index >= 15 is 0 Å². The molecule has 2 bridgehead atoms. The molecule has 2 atom stereocenters. The van der Waals surface area contributed by atoms with Crippen molar-refractivity contribution in [1.82, 2.24) is 14.7 Å². The molecule has 5 nitrogen and oxygen atoms in total. The van der Waals surface area contributed by atoms with Gasteiger partial charge in [0.1, 0.15) is 0 Å². The SMILES string of the molecule is CN(C)C(=O)CN1C[C@@H]2CC[C@H](C1)N(C(=O)CCc1ccccc1)C2. The van der Waals surface area contributed by atoms with Crippen LogP contribution in [0.4, 0.5) is 0 Å². The van der Waals surface area contributed by atoms with Gasteiger partial charge in [-0.05, 0) is 30.7 Å². The quantitative estimate of drug-likeness (QED) is 0.816. The molecule has 3 aliphatic heterocycles. The molecule has 0 aliphatic carbocycles. The minimum atomic E-state index is 0.142. The fourth-order valence-corrected chi connectivity index (χ4v) is 3.99. The summed E-state index contributed by atoms with van der Waals surface area (Å²) in [5.74, 6) is 0.900. The van der Waals surface area contributed by atoms with Crippen LogP contribution < -0.4 is 0 Å². The Morgan fingerprint density at radius 1 is 1.08 bits per heavy atom. The summed E-state index contributed by atoms with van der Waals surface area (Å²) in [7, 11) is 3.60. The second kappa shape index (κ2) is 8.00. The first kappa shape index (κ1) is 17.9. The number of carbonyl (C=O) groups is 2. The number of amides is 2. The molecule has 0 saturated carbocycles. The van der Waals surface area contributed by atoms with Crippen molar-refractivity contribution in [2.75, 3.05) is 40.3 Å². The maximum atomic E-state index is 12.8. The van der Waals surface area contributed by atoms with Crippen LogP contribution in [0.2, 0.25) is 0 Å². The Bertz CT molecular complexity index is 602. The van der Waals surface area contributed by atoms with Crippen LogP contribution in [0, 0.1) is 5.92 Å². The second-order valence-corrected chi connectivity index (χ2v) is 7.61. The molecule has 3 heterocycles. The average Bonchev–Trinajstić information content (AvgIpc) is 2.91. The number of benzene rings is 1. The van der Waals surface area contributed by atoms with Gasteiger partial charge in [-0.1, -0.05) is 30.3 Å². The van der Waals surface area contributed by atoms with E-state index in [0.29, 0.717) is 18.9 Å². The lowest BCUT2D eigenvalue weighted by atomic mass is 9.94.